The molecule has 0 aliphatic heterocycles. The zero-order chi connectivity index (χ0) is 14.3. The van der Waals surface area contributed by atoms with Gasteiger partial charge in [0.25, 0.3) is 0 Å². The van der Waals surface area contributed by atoms with Gasteiger partial charge in [0.15, 0.2) is 5.82 Å². The maximum absolute atomic E-state index is 11.0. The van der Waals surface area contributed by atoms with E-state index in [9.17, 15) is 4.79 Å². The molecule has 5 heteroatoms. The first-order chi connectivity index (χ1) is 8.96. The molecule has 1 heterocycles. The van der Waals surface area contributed by atoms with Crippen molar-refractivity contribution < 1.29 is 9.90 Å². The molecule has 0 unspecified atom stereocenters. The van der Waals surface area contributed by atoms with Crippen LogP contribution in [0.5, 0.6) is 0 Å². The average Bonchev–Trinajstić information content (AvgIpc) is 2.37. The Morgan fingerprint density at radius 1 is 1.42 bits per heavy atom. The predicted molar refractivity (Wildman–Crippen MR) is 75.4 cm³/mol. The van der Waals surface area contributed by atoms with Crippen LogP contribution in [0.3, 0.4) is 0 Å². The van der Waals surface area contributed by atoms with Crippen LogP contribution in [0, 0.1) is 5.41 Å². The number of carboxylic acid groups (broad SMARTS) is 1. The van der Waals surface area contributed by atoms with Gasteiger partial charge >= 0.3 is 5.97 Å². The van der Waals surface area contributed by atoms with E-state index < -0.39 is 5.97 Å². The molecule has 19 heavy (non-hydrogen) atoms. The summed E-state index contributed by atoms with van der Waals surface area (Å²) in [6, 6.07) is 1.46. The zero-order valence-corrected chi connectivity index (χ0v) is 11.9. The first-order valence-electron chi connectivity index (χ1n) is 6.75. The largest absolute Gasteiger partial charge is 0.478 e. The average molecular weight is 265 g/mol. The van der Waals surface area contributed by atoms with Gasteiger partial charge in [-0.25, -0.2) is 4.79 Å². The number of aromatic nitrogens is 2. The Morgan fingerprint density at radius 3 is 2.79 bits per heavy atom. The van der Waals surface area contributed by atoms with Gasteiger partial charge in [0.2, 0.25) is 0 Å². The van der Waals surface area contributed by atoms with Crippen LogP contribution >= 0.6 is 0 Å². The number of nitrogens with zero attached hydrogens (tertiary/aromatic N) is 2. The minimum atomic E-state index is -0.985. The molecule has 0 saturated carbocycles. The summed E-state index contributed by atoms with van der Waals surface area (Å²) in [5.41, 5.74) is 0.280. The number of hydrogen-bond donors (Lipinski definition) is 2. The van der Waals surface area contributed by atoms with E-state index >= 15 is 0 Å². The van der Waals surface area contributed by atoms with Gasteiger partial charge in [-0.3, -0.25) is 0 Å². The van der Waals surface area contributed by atoms with Crippen molar-refractivity contribution in [1.29, 1.82) is 0 Å². The second-order valence-corrected chi connectivity index (χ2v) is 5.57. The number of anilines is 1. The van der Waals surface area contributed by atoms with Crippen molar-refractivity contribution in [3.8, 4) is 0 Å². The van der Waals surface area contributed by atoms with Crippen molar-refractivity contribution in [3.63, 3.8) is 0 Å². The molecule has 0 spiro atoms. The lowest BCUT2D eigenvalue weighted by Crippen LogP contribution is -2.24. The SMILES string of the molecule is CCCCCC(C)(C)CNc1nnccc1C(=O)O. The maximum atomic E-state index is 11.0. The summed E-state index contributed by atoms with van der Waals surface area (Å²) in [5.74, 6) is -0.639. The highest BCUT2D eigenvalue weighted by Crippen LogP contribution is 2.24. The van der Waals surface area contributed by atoms with E-state index in [1.54, 1.807) is 0 Å². The third kappa shape index (κ3) is 5.24. The summed E-state index contributed by atoms with van der Waals surface area (Å²) < 4.78 is 0. The van der Waals surface area contributed by atoms with Crippen LogP contribution in [0.1, 0.15) is 56.8 Å². The molecule has 0 amide bonds. The van der Waals surface area contributed by atoms with E-state index in [1.165, 1.54) is 31.5 Å². The minimum absolute atomic E-state index is 0.114. The van der Waals surface area contributed by atoms with Crippen LogP contribution in [0.25, 0.3) is 0 Å². The van der Waals surface area contributed by atoms with Crippen molar-refractivity contribution in [1.82, 2.24) is 10.2 Å². The second kappa shape index (κ2) is 7.07. The van der Waals surface area contributed by atoms with Crippen molar-refractivity contribution in [2.75, 3.05) is 11.9 Å². The van der Waals surface area contributed by atoms with Crippen LogP contribution in [0.4, 0.5) is 5.82 Å². The zero-order valence-electron chi connectivity index (χ0n) is 11.9. The van der Waals surface area contributed by atoms with Crippen molar-refractivity contribution in [2.45, 2.75) is 46.5 Å². The summed E-state index contributed by atoms with van der Waals surface area (Å²) in [5, 5.41) is 19.8. The molecule has 1 aromatic rings. The molecule has 106 valence electrons. The molecule has 1 aromatic heterocycles. The number of unbranched alkanes of at least 4 members (excludes halogenated alkanes) is 2. The van der Waals surface area contributed by atoms with Gasteiger partial charge < -0.3 is 10.4 Å². The summed E-state index contributed by atoms with van der Waals surface area (Å²) in [6.07, 6.45) is 6.13. The lowest BCUT2D eigenvalue weighted by Gasteiger charge is -2.25. The van der Waals surface area contributed by atoms with Crippen LogP contribution < -0.4 is 5.32 Å². The van der Waals surface area contributed by atoms with E-state index in [1.807, 2.05) is 0 Å². The Kier molecular flexibility index (Phi) is 5.73. The van der Waals surface area contributed by atoms with Gasteiger partial charge in [-0.2, -0.15) is 5.10 Å². The molecule has 0 aliphatic carbocycles. The second-order valence-electron chi connectivity index (χ2n) is 5.57. The van der Waals surface area contributed by atoms with Gasteiger partial charge in [0, 0.05) is 6.54 Å². The molecule has 0 aromatic carbocycles. The van der Waals surface area contributed by atoms with E-state index in [2.05, 4.69) is 36.3 Å². The summed E-state index contributed by atoms with van der Waals surface area (Å²) >= 11 is 0. The molecular formula is C14H23N3O2. The summed E-state index contributed by atoms with van der Waals surface area (Å²) in [4.78, 5) is 11.0. The molecule has 0 saturated heterocycles. The third-order valence-electron chi connectivity index (χ3n) is 3.14. The molecule has 0 aliphatic rings. The first kappa shape index (κ1) is 15.4. The van der Waals surface area contributed by atoms with Gasteiger partial charge in [-0.15, -0.1) is 5.10 Å². The van der Waals surface area contributed by atoms with Crippen LogP contribution in [0.2, 0.25) is 0 Å². The number of carboxylic acids is 1. The van der Waals surface area contributed by atoms with E-state index in [0.717, 1.165) is 6.42 Å². The maximum Gasteiger partial charge on any atom is 0.339 e. The molecular weight excluding hydrogens is 242 g/mol. The molecule has 1 rings (SSSR count). The predicted octanol–water partition coefficient (Wildman–Crippen LogP) is 3.19. The molecule has 0 fully saturated rings. The Bertz CT molecular complexity index is 419. The Labute approximate surface area is 114 Å². The number of hydrogen-bond acceptors (Lipinski definition) is 4. The topological polar surface area (TPSA) is 75.1 Å². The Morgan fingerprint density at radius 2 is 2.16 bits per heavy atom. The third-order valence-corrected chi connectivity index (χ3v) is 3.14. The Balaban J connectivity index is 2.58. The number of carbonyl (C=O) groups is 1. The number of rotatable bonds is 8. The standard InChI is InChI=1S/C14H23N3O2/c1-4-5-6-8-14(2,3)10-15-12-11(13(18)19)7-9-16-17-12/h7,9H,4-6,8,10H2,1-3H3,(H,15,17)(H,18,19). The molecule has 2 N–H and O–H groups in total. The molecule has 0 atom stereocenters. The highest BCUT2D eigenvalue weighted by atomic mass is 16.4. The quantitative estimate of drug-likeness (QED) is 0.706. The van der Waals surface area contributed by atoms with Crippen molar-refractivity contribution in [3.05, 3.63) is 17.8 Å². The van der Waals surface area contributed by atoms with Gasteiger partial charge in [0.1, 0.15) is 5.56 Å². The summed E-state index contributed by atoms with van der Waals surface area (Å²) in [6.45, 7) is 7.22. The smallest absolute Gasteiger partial charge is 0.339 e. The van der Waals surface area contributed by atoms with Crippen LogP contribution in [0.15, 0.2) is 12.3 Å². The van der Waals surface area contributed by atoms with Gasteiger partial charge in [-0.1, -0.05) is 40.0 Å². The monoisotopic (exact) mass is 265 g/mol. The van der Waals surface area contributed by atoms with Gasteiger partial charge in [-0.05, 0) is 17.9 Å². The normalized spacial score (nSPS) is 11.3. The minimum Gasteiger partial charge on any atom is -0.478 e. The number of aromatic carboxylic acids is 1. The van der Waals surface area contributed by atoms with Gasteiger partial charge in [0.05, 0.1) is 6.20 Å². The molecule has 5 nitrogen and oxygen atoms in total. The first-order valence-corrected chi connectivity index (χ1v) is 6.75. The number of nitrogens with one attached hydrogen (secondary N) is 1. The van der Waals surface area contributed by atoms with E-state index in [0.29, 0.717) is 12.4 Å². The fourth-order valence-corrected chi connectivity index (χ4v) is 1.90. The van der Waals surface area contributed by atoms with E-state index in [4.69, 9.17) is 5.11 Å². The molecule has 0 bridgehead atoms. The Hall–Kier alpha value is -1.65. The summed E-state index contributed by atoms with van der Waals surface area (Å²) in [7, 11) is 0. The lowest BCUT2D eigenvalue weighted by molar-refractivity contribution is 0.0697. The van der Waals surface area contributed by atoms with Crippen LogP contribution in [-0.2, 0) is 0 Å². The fourth-order valence-electron chi connectivity index (χ4n) is 1.90. The van der Waals surface area contributed by atoms with Crippen molar-refractivity contribution in [2.24, 2.45) is 5.41 Å². The van der Waals surface area contributed by atoms with E-state index in [-0.39, 0.29) is 11.0 Å². The molecule has 0 radical (unpaired) electrons. The van der Waals surface area contributed by atoms with Crippen molar-refractivity contribution >= 4 is 11.8 Å². The fraction of sp³-hybridized carbons (Fsp3) is 0.643. The highest BCUT2D eigenvalue weighted by molar-refractivity contribution is 5.92. The van der Waals surface area contributed by atoms with Crippen LogP contribution in [-0.4, -0.2) is 27.8 Å². The highest BCUT2D eigenvalue weighted by Gasteiger charge is 2.19. The lowest BCUT2D eigenvalue weighted by atomic mass is 9.87.